The van der Waals surface area contributed by atoms with Gasteiger partial charge in [-0.1, -0.05) is 24.3 Å². The van der Waals surface area contributed by atoms with Gasteiger partial charge in [-0.3, -0.25) is 0 Å². The average molecular weight is 305 g/mol. The highest BCUT2D eigenvalue weighted by Gasteiger charge is 2.07. The van der Waals surface area contributed by atoms with Crippen molar-refractivity contribution in [2.24, 2.45) is 0 Å². The number of benzene rings is 2. The molecule has 4 rings (SSSR count). The quantitative estimate of drug-likeness (QED) is 0.628. The Bertz CT molecular complexity index is 938. The molecule has 0 unspecified atom stereocenters. The lowest BCUT2D eigenvalue weighted by Gasteiger charge is -2.05. The molecule has 0 fully saturated rings. The molecular formula is C18H15N3O2. The summed E-state index contributed by atoms with van der Waals surface area (Å²) < 4.78 is 7.48. The van der Waals surface area contributed by atoms with E-state index in [9.17, 15) is 0 Å². The van der Waals surface area contributed by atoms with Gasteiger partial charge in [-0.25, -0.2) is 9.97 Å². The van der Waals surface area contributed by atoms with Crippen LogP contribution in [0.4, 0.5) is 0 Å². The molecule has 5 nitrogen and oxygen atoms in total. The van der Waals surface area contributed by atoms with Crippen LogP contribution < -0.4 is 0 Å². The third-order valence-corrected chi connectivity index (χ3v) is 3.79. The van der Waals surface area contributed by atoms with Crippen molar-refractivity contribution in [3.05, 3.63) is 72.4 Å². The first-order valence-electron chi connectivity index (χ1n) is 7.38. The van der Waals surface area contributed by atoms with Crippen molar-refractivity contribution in [2.45, 2.75) is 13.2 Å². The lowest BCUT2D eigenvalue weighted by molar-refractivity contribution is 0.276. The third kappa shape index (κ3) is 2.62. The molecule has 0 saturated heterocycles. The number of nitrogens with zero attached hydrogens (tertiary/aromatic N) is 3. The van der Waals surface area contributed by atoms with Crippen molar-refractivity contribution < 1.29 is 9.52 Å². The first-order chi connectivity index (χ1) is 11.3. The second-order valence-electron chi connectivity index (χ2n) is 5.36. The van der Waals surface area contributed by atoms with E-state index in [1.165, 1.54) is 11.8 Å². The van der Waals surface area contributed by atoms with Crippen molar-refractivity contribution in [1.29, 1.82) is 0 Å². The molecule has 0 aliphatic heterocycles. The second-order valence-corrected chi connectivity index (χ2v) is 5.36. The van der Waals surface area contributed by atoms with E-state index in [2.05, 4.69) is 20.6 Å². The van der Waals surface area contributed by atoms with Crippen LogP contribution in [0.3, 0.4) is 0 Å². The number of hydrogen-bond acceptors (Lipinski definition) is 4. The Morgan fingerprint density at radius 3 is 2.65 bits per heavy atom. The number of imidazole rings is 1. The van der Waals surface area contributed by atoms with Gasteiger partial charge in [0.2, 0.25) is 5.89 Å². The largest absolute Gasteiger partial charge is 0.444 e. The Morgan fingerprint density at radius 1 is 1.04 bits per heavy atom. The van der Waals surface area contributed by atoms with Crippen LogP contribution in [-0.4, -0.2) is 19.6 Å². The highest BCUT2D eigenvalue weighted by Crippen LogP contribution is 2.20. The van der Waals surface area contributed by atoms with Crippen molar-refractivity contribution in [2.75, 3.05) is 0 Å². The van der Waals surface area contributed by atoms with E-state index in [-0.39, 0.29) is 6.61 Å². The molecule has 0 amide bonds. The molecule has 0 aliphatic rings. The number of fused-ring (bicyclic) bond motifs is 1. The molecule has 114 valence electrons. The van der Waals surface area contributed by atoms with Gasteiger partial charge in [0, 0.05) is 12.1 Å². The molecule has 0 bridgehead atoms. The minimum absolute atomic E-state index is 0.116. The number of aromatic nitrogens is 3. The van der Waals surface area contributed by atoms with Gasteiger partial charge in [0.05, 0.1) is 24.0 Å². The number of aliphatic hydroxyl groups is 1. The van der Waals surface area contributed by atoms with Crippen LogP contribution in [0.25, 0.3) is 22.5 Å². The summed E-state index contributed by atoms with van der Waals surface area (Å²) in [7, 11) is 0. The summed E-state index contributed by atoms with van der Waals surface area (Å²) in [5.74, 6) is 0.522. The molecular weight excluding hydrogens is 290 g/mol. The fourth-order valence-electron chi connectivity index (χ4n) is 2.60. The normalized spacial score (nSPS) is 11.2. The van der Waals surface area contributed by atoms with E-state index >= 15 is 0 Å². The zero-order chi connectivity index (χ0) is 15.6. The van der Waals surface area contributed by atoms with Crippen molar-refractivity contribution in [3.63, 3.8) is 0 Å². The van der Waals surface area contributed by atoms with Crippen LogP contribution in [0.1, 0.15) is 11.3 Å². The van der Waals surface area contributed by atoms with Crippen LogP contribution in [0, 0.1) is 0 Å². The topological polar surface area (TPSA) is 64.1 Å². The molecule has 4 aromatic rings. The zero-order valence-electron chi connectivity index (χ0n) is 12.4. The standard InChI is InChI=1S/C18H15N3O2/c22-10-15-11-23-18(20-15)14-7-5-13(6-8-14)9-21-12-19-16-3-1-2-4-17(16)21/h1-8,11-12,22H,9-10H2. The molecule has 0 radical (unpaired) electrons. The number of hydrogen-bond donors (Lipinski definition) is 1. The van der Waals surface area contributed by atoms with Gasteiger partial charge in [-0.05, 0) is 29.8 Å². The van der Waals surface area contributed by atoms with Crippen LogP contribution in [0.15, 0.2) is 65.5 Å². The summed E-state index contributed by atoms with van der Waals surface area (Å²) in [6.45, 7) is 0.642. The van der Waals surface area contributed by atoms with Crippen molar-refractivity contribution >= 4 is 11.0 Å². The summed E-state index contributed by atoms with van der Waals surface area (Å²) in [5.41, 5.74) is 4.72. The maximum absolute atomic E-state index is 9.04. The molecule has 2 heterocycles. The van der Waals surface area contributed by atoms with Gasteiger partial charge in [0.25, 0.3) is 0 Å². The fourth-order valence-corrected chi connectivity index (χ4v) is 2.60. The summed E-state index contributed by atoms with van der Waals surface area (Å²) in [6.07, 6.45) is 3.33. The smallest absolute Gasteiger partial charge is 0.226 e. The molecule has 1 N–H and O–H groups in total. The Morgan fingerprint density at radius 2 is 1.87 bits per heavy atom. The van der Waals surface area contributed by atoms with Gasteiger partial charge in [0.15, 0.2) is 0 Å². The number of aliphatic hydroxyl groups excluding tert-OH is 1. The Hall–Kier alpha value is -2.92. The Balaban J connectivity index is 1.58. The van der Waals surface area contributed by atoms with Gasteiger partial charge >= 0.3 is 0 Å². The molecule has 0 spiro atoms. The van der Waals surface area contributed by atoms with Crippen LogP contribution in [-0.2, 0) is 13.2 Å². The van der Waals surface area contributed by atoms with E-state index in [4.69, 9.17) is 9.52 Å². The van der Waals surface area contributed by atoms with E-state index in [0.717, 1.165) is 23.1 Å². The zero-order valence-corrected chi connectivity index (χ0v) is 12.4. The SMILES string of the molecule is OCc1coc(-c2ccc(Cn3cnc4ccccc43)cc2)n1. The lowest BCUT2D eigenvalue weighted by Crippen LogP contribution is -1.97. The van der Waals surface area contributed by atoms with E-state index < -0.39 is 0 Å². The molecule has 0 aliphatic carbocycles. The molecule has 0 atom stereocenters. The molecule has 2 aromatic heterocycles. The monoisotopic (exact) mass is 305 g/mol. The van der Waals surface area contributed by atoms with Gasteiger partial charge in [-0.15, -0.1) is 0 Å². The number of para-hydroxylation sites is 2. The van der Waals surface area contributed by atoms with Crippen molar-refractivity contribution in [1.82, 2.24) is 14.5 Å². The molecule has 5 heteroatoms. The van der Waals surface area contributed by atoms with Gasteiger partial charge in [-0.2, -0.15) is 0 Å². The van der Waals surface area contributed by atoms with Crippen LogP contribution in [0.2, 0.25) is 0 Å². The van der Waals surface area contributed by atoms with Crippen LogP contribution >= 0.6 is 0 Å². The van der Waals surface area contributed by atoms with E-state index in [1.54, 1.807) is 0 Å². The molecule has 2 aromatic carbocycles. The second kappa shape index (κ2) is 5.70. The van der Waals surface area contributed by atoms with Crippen molar-refractivity contribution in [3.8, 4) is 11.5 Å². The predicted molar refractivity (Wildman–Crippen MR) is 86.7 cm³/mol. The Kier molecular flexibility index (Phi) is 3.40. The summed E-state index contributed by atoms with van der Waals surface area (Å²) >= 11 is 0. The minimum Gasteiger partial charge on any atom is -0.444 e. The van der Waals surface area contributed by atoms with E-state index in [0.29, 0.717) is 11.6 Å². The highest BCUT2D eigenvalue weighted by molar-refractivity contribution is 5.75. The highest BCUT2D eigenvalue weighted by atomic mass is 16.3. The van der Waals surface area contributed by atoms with Gasteiger partial charge < -0.3 is 14.1 Å². The van der Waals surface area contributed by atoms with Crippen LogP contribution in [0.5, 0.6) is 0 Å². The third-order valence-electron chi connectivity index (χ3n) is 3.79. The fraction of sp³-hybridized carbons (Fsp3) is 0.111. The molecule has 0 saturated carbocycles. The predicted octanol–water partition coefficient (Wildman–Crippen LogP) is 3.23. The van der Waals surface area contributed by atoms with E-state index in [1.807, 2.05) is 48.8 Å². The summed E-state index contributed by atoms with van der Waals surface area (Å²) in [5, 5.41) is 9.04. The Labute approximate surface area is 132 Å². The summed E-state index contributed by atoms with van der Waals surface area (Å²) in [4.78, 5) is 8.62. The average Bonchev–Trinajstić information content (AvgIpc) is 3.23. The maximum Gasteiger partial charge on any atom is 0.226 e. The number of rotatable bonds is 4. The minimum atomic E-state index is -0.116. The number of oxazole rings is 1. The lowest BCUT2D eigenvalue weighted by atomic mass is 10.1. The first-order valence-corrected chi connectivity index (χ1v) is 7.38. The van der Waals surface area contributed by atoms with Gasteiger partial charge in [0.1, 0.15) is 12.0 Å². The first kappa shape index (κ1) is 13.7. The maximum atomic E-state index is 9.04. The summed E-state index contributed by atoms with van der Waals surface area (Å²) in [6, 6.07) is 16.1. The molecule has 23 heavy (non-hydrogen) atoms.